The van der Waals surface area contributed by atoms with Crippen molar-refractivity contribution in [2.75, 3.05) is 18.1 Å². The Hall–Kier alpha value is -4.14. The molecule has 7 rings (SSSR count). The average molecular weight is 544 g/mol. The number of anilines is 1. The molecule has 0 aromatic heterocycles. The molecule has 40 heavy (non-hydrogen) atoms. The van der Waals surface area contributed by atoms with Crippen molar-refractivity contribution in [1.82, 2.24) is 5.32 Å². The van der Waals surface area contributed by atoms with Crippen LogP contribution in [-0.4, -0.2) is 37.0 Å². The standard InChI is InChI=1S/C31H33N3O6/c1-2-39-26-13-18(3-8-25(26)40-17-27(32)35)12-24-28(36)33-30(38)34(29(24)37)23-6-4-22(5-7-23)31-14-19-9-20(15-31)11-21(10-19)16-31/h3-8,12-13,19-21H,2,9-11,14-17H2,1H3,(H2,32,35)(H,33,36,38)/b24-12+. The molecule has 3 N–H and O–H groups in total. The quantitative estimate of drug-likeness (QED) is 0.381. The Bertz CT molecular complexity index is 1380. The molecule has 4 aliphatic carbocycles. The fraction of sp³-hybridized carbons (Fsp3) is 0.419. The summed E-state index contributed by atoms with van der Waals surface area (Å²) in [6.07, 6.45) is 9.15. The maximum absolute atomic E-state index is 13.5. The highest BCUT2D eigenvalue weighted by Crippen LogP contribution is 2.60. The number of nitrogens with two attached hydrogens (primary N) is 1. The number of primary amides is 1. The van der Waals surface area contributed by atoms with Crippen molar-refractivity contribution in [3.8, 4) is 11.5 Å². The molecule has 0 spiro atoms. The van der Waals surface area contributed by atoms with Gasteiger partial charge in [0.1, 0.15) is 5.57 Å². The smallest absolute Gasteiger partial charge is 0.335 e. The number of benzene rings is 2. The predicted molar refractivity (Wildman–Crippen MR) is 148 cm³/mol. The topological polar surface area (TPSA) is 128 Å². The Labute approximate surface area is 232 Å². The molecule has 4 saturated carbocycles. The van der Waals surface area contributed by atoms with E-state index in [2.05, 4.69) is 17.4 Å². The Kier molecular flexibility index (Phi) is 6.60. The summed E-state index contributed by atoms with van der Waals surface area (Å²) < 4.78 is 11.0. The summed E-state index contributed by atoms with van der Waals surface area (Å²) in [5.74, 6) is 0.956. The second-order valence-corrected chi connectivity index (χ2v) is 11.6. The van der Waals surface area contributed by atoms with Gasteiger partial charge >= 0.3 is 6.03 Å². The van der Waals surface area contributed by atoms with Gasteiger partial charge in [-0.1, -0.05) is 18.2 Å². The number of hydrogen-bond donors (Lipinski definition) is 2. The van der Waals surface area contributed by atoms with E-state index >= 15 is 0 Å². The van der Waals surface area contributed by atoms with Gasteiger partial charge in [-0.15, -0.1) is 0 Å². The number of ether oxygens (including phenoxy) is 2. The van der Waals surface area contributed by atoms with Crippen LogP contribution in [0.3, 0.4) is 0 Å². The SMILES string of the molecule is CCOc1cc(/C=C2\C(=O)NC(=O)N(c3ccc(C45CC6CC(CC(C6)C4)C5)cc3)C2=O)ccc1OCC(N)=O. The van der Waals surface area contributed by atoms with Crippen molar-refractivity contribution in [2.24, 2.45) is 23.5 Å². The number of rotatable bonds is 8. The minimum absolute atomic E-state index is 0.182. The second-order valence-electron chi connectivity index (χ2n) is 11.6. The van der Waals surface area contributed by atoms with Crippen molar-refractivity contribution in [1.29, 1.82) is 0 Å². The predicted octanol–water partition coefficient (Wildman–Crippen LogP) is 4.08. The van der Waals surface area contributed by atoms with Gasteiger partial charge in [0, 0.05) is 0 Å². The summed E-state index contributed by atoms with van der Waals surface area (Å²) in [5.41, 5.74) is 7.38. The zero-order valence-electron chi connectivity index (χ0n) is 22.5. The third-order valence-electron chi connectivity index (χ3n) is 8.83. The third-order valence-corrected chi connectivity index (χ3v) is 8.83. The summed E-state index contributed by atoms with van der Waals surface area (Å²) in [6, 6.07) is 11.7. The van der Waals surface area contributed by atoms with Gasteiger partial charge in [0.05, 0.1) is 12.3 Å². The molecule has 0 radical (unpaired) electrons. The summed E-state index contributed by atoms with van der Waals surface area (Å²) in [7, 11) is 0. The molecule has 1 aliphatic heterocycles. The van der Waals surface area contributed by atoms with E-state index in [1.807, 2.05) is 12.1 Å². The molecule has 1 saturated heterocycles. The molecule has 2 aromatic carbocycles. The number of carbonyl (C=O) groups excluding carboxylic acids is 4. The maximum atomic E-state index is 13.5. The van der Waals surface area contributed by atoms with E-state index in [9.17, 15) is 19.2 Å². The summed E-state index contributed by atoms with van der Waals surface area (Å²) in [4.78, 5) is 51.1. The molecule has 0 unspecified atom stereocenters. The second kappa shape index (κ2) is 10.1. The Morgan fingerprint density at radius 3 is 2.23 bits per heavy atom. The van der Waals surface area contributed by atoms with Crippen molar-refractivity contribution in [2.45, 2.75) is 50.9 Å². The molecular formula is C31H33N3O6. The van der Waals surface area contributed by atoms with Crippen LogP contribution in [0.4, 0.5) is 10.5 Å². The number of nitrogens with zero attached hydrogens (tertiary/aromatic N) is 1. The monoisotopic (exact) mass is 543 g/mol. The number of urea groups is 1. The Morgan fingerprint density at radius 1 is 0.975 bits per heavy atom. The normalized spacial score (nSPS) is 28.1. The summed E-state index contributed by atoms with van der Waals surface area (Å²) >= 11 is 0. The number of nitrogens with one attached hydrogen (secondary N) is 1. The van der Waals surface area contributed by atoms with Gasteiger partial charge in [-0.3, -0.25) is 19.7 Å². The van der Waals surface area contributed by atoms with Crippen molar-refractivity contribution < 1.29 is 28.7 Å². The van der Waals surface area contributed by atoms with Gasteiger partial charge in [0.25, 0.3) is 17.7 Å². The van der Waals surface area contributed by atoms with Gasteiger partial charge in [-0.05, 0) is 110 Å². The maximum Gasteiger partial charge on any atom is 0.335 e. The number of carbonyl (C=O) groups is 4. The zero-order chi connectivity index (χ0) is 28.0. The average Bonchev–Trinajstić information content (AvgIpc) is 2.90. The van der Waals surface area contributed by atoms with Crippen LogP contribution in [0.15, 0.2) is 48.0 Å². The lowest BCUT2D eigenvalue weighted by molar-refractivity contribution is -0.123. The van der Waals surface area contributed by atoms with Crippen molar-refractivity contribution in [3.63, 3.8) is 0 Å². The Balaban J connectivity index is 1.25. The first kappa shape index (κ1) is 26.1. The van der Waals surface area contributed by atoms with Crippen LogP contribution >= 0.6 is 0 Å². The Morgan fingerprint density at radius 2 is 1.62 bits per heavy atom. The van der Waals surface area contributed by atoms with Gasteiger partial charge in [-0.25, -0.2) is 9.69 Å². The zero-order valence-corrected chi connectivity index (χ0v) is 22.5. The first-order chi connectivity index (χ1) is 19.2. The van der Waals surface area contributed by atoms with Crippen molar-refractivity contribution in [3.05, 3.63) is 59.2 Å². The lowest BCUT2D eigenvalue weighted by Gasteiger charge is -2.57. The molecule has 5 fully saturated rings. The molecule has 5 aliphatic rings. The number of imide groups is 2. The van der Waals surface area contributed by atoms with Gasteiger partial charge in [0.2, 0.25) is 0 Å². The van der Waals surface area contributed by atoms with Crippen LogP contribution in [0.25, 0.3) is 6.08 Å². The van der Waals surface area contributed by atoms with Gasteiger partial charge < -0.3 is 15.2 Å². The fourth-order valence-corrected chi connectivity index (χ4v) is 7.64. The number of amides is 5. The summed E-state index contributed by atoms with van der Waals surface area (Å²) in [6.45, 7) is 1.80. The van der Waals surface area contributed by atoms with Gasteiger partial charge in [0.15, 0.2) is 18.1 Å². The molecule has 208 valence electrons. The largest absolute Gasteiger partial charge is 0.490 e. The molecule has 0 atom stereocenters. The van der Waals surface area contributed by atoms with E-state index in [1.54, 1.807) is 25.1 Å². The fourth-order valence-electron chi connectivity index (χ4n) is 7.64. The van der Waals surface area contributed by atoms with Crippen LogP contribution < -0.4 is 25.4 Å². The molecule has 1 heterocycles. The first-order valence-electron chi connectivity index (χ1n) is 13.9. The van der Waals surface area contributed by atoms with E-state index in [0.29, 0.717) is 29.4 Å². The molecule has 4 bridgehead atoms. The van der Waals surface area contributed by atoms with Crippen LogP contribution in [-0.2, 0) is 19.8 Å². The molecule has 5 amide bonds. The first-order valence-corrected chi connectivity index (χ1v) is 13.9. The van der Waals surface area contributed by atoms with E-state index < -0.39 is 23.8 Å². The van der Waals surface area contributed by atoms with Crippen LogP contribution in [0.1, 0.15) is 56.6 Å². The van der Waals surface area contributed by atoms with Crippen LogP contribution in [0.5, 0.6) is 11.5 Å². The van der Waals surface area contributed by atoms with Crippen LogP contribution in [0, 0.1) is 17.8 Å². The minimum Gasteiger partial charge on any atom is -0.490 e. The molecule has 9 nitrogen and oxygen atoms in total. The number of barbiturate groups is 1. The van der Waals surface area contributed by atoms with E-state index in [-0.39, 0.29) is 17.6 Å². The van der Waals surface area contributed by atoms with Crippen LogP contribution in [0.2, 0.25) is 0 Å². The highest BCUT2D eigenvalue weighted by molar-refractivity contribution is 6.39. The van der Waals surface area contributed by atoms with Crippen molar-refractivity contribution >= 4 is 35.5 Å². The van der Waals surface area contributed by atoms with E-state index in [0.717, 1.165) is 22.7 Å². The number of hydrogen-bond acceptors (Lipinski definition) is 6. The lowest BCUT2D eigenvalue weighted by Crippen LogP contribution is -2.54. The lowest BCUT2D eigenvalue weighted by atomic mass is 9.48. The molecule has 9 heteroatoms. The molecular weight excluding hydrogens is 510 g/mol. The highest BCUT2D eigenvalue weighted by Gasteiger charge is 2.51. The third kappa shape index (κ3) is 4.74. The van der Waals surface area contributed by atoms with E-state index in [1.165, 1.54) is 50.2 Å². The van der Waals surface area contributed by atoms with Gasteiger partial charge in [-0.2, -0.15) is 0 Å². The summed E-state index contributed by atoms with van der Waals surface area (Å²) in [5, 5.41) is 2.29. The van der Waals surface area contributed by atoms with E-state index in [4.69, 9.17) is 15.2 Å². The minimum atomic E-state index is -0.778. The molecule has 2 aromatic rings. The highest BCUT2D eigenvalue weighted by atomic mass is 16.5.